The first kappa shape index (κ1) is 14.5. The summed E-state index contributed by atoms with van der Waals surface area (Å²) in [5, 5.41) is 0. The molecule has 0 radical (unpaired) electrons. The first-order chi connectivity index (χ1) is 11.3. The summed E-state index contributed by atoms with van der Waals surface area (Å²) in [6.07, 6.45) is 9.56. The van der Waals surface area contributed by atoms with E-state index in [-0.39, 0.29) is 0 Å². The molecule has 2 aromatic rings. The molecule has 4 rings (SSSR count). The molecule has 3 atom stereocenters. The molecule has 0 heterocycles. The molecule has 3 unspecified atom stereocenters. The summed E-state index contributed by atoms with van der Waals surface area (Å²) in [6, 6.07) is 22.2. The van der Waals surface area contributed by atoms with Gasteiger partial charge in [0.25, 0.3) is 0 Å². The highest BCUT2D eigenvalue weighted by molar-refractivity contribution is 5.40. The fourth-order valence-corrected chi connectivity index (χ4v) is 4.68. The number of fused-ring (bicyclic) bond motifs is 1. The van der Waals surface area contributed by atoms with Crippen LogP contribution in [0.25, 0.3) is 0 Å². The third-order valence-corrected chi connectivity index (χ3v) is 5.65. The van der Waals surface area contributed by atoms with E-state index in [1.165, 1.54) is 24.0 Å². The van der Waals surface area contributed by atoms with Crippen LogP contribution in [0.5, 0.6) is 0 Å². The summed E-state index contributed by atoms with van der Waals surface area (Å²) >= 11 is 0. The van der Waals surface area contributed by atoms with Crippen LogP contribution in [-0.2, 0) is 0 Å². The fraction of sp³-hybridized carbons (Fsp3) is 0.304. The molecule has 0 nitrogen and oxygen atoms in total. The highest BCUT2D eigenvalue weighted by atomic mass is 14.4. The van der Waals surface area contributed by atoms with Crippen molar-refractivity contribution < 1.29 is 0 Å². The molecular weight excluding hydrogens is 276 g/mol. The van der Waals surface area contributed by atoms with E-state index in [1.54, 1.807) is 5.57 Å². The molecule has 0 heteroatoms. The summed E-state index contributed by atoms with van der Waals surface area (Å²) in [5.41, 5.74) is 4.58. The molecule has 23 heavy (non-hydrogen) atoms. The van der Waals surface area contributed by atoms with Gasteiger partial charge in [0.15, 0.2) is 0 Å². The Morgan fingerprint density at radius 3 is 2.09 bits per heavy atom. The monoisotopic (exact) mass is 300 g/mol. The van der Waals surface area contributed by atoms with E-state index in [0.29, 0.717) is 11.8 Å². The van der Waals surface area contributed by atoms with Gasteiger partial charge in [-0.2, -0.15) is 0 Å². The third-order valence-electron chi connectivity index (χ3n) is 5.65. The Bertz CT molecular complexity index is 669. The summed E-state index contributed by atoms with van der Waals surface area (Å²) < 4.78 is 0. The van der Waals surface area contributed by atoms with Crippen molar-refractivity contribution in [3.05, 3.63) is 95.6 Å². The average molecular weight is 300 g/mol. The zero-order chi connectivity index (χ0) is 15.6. The van der Waals surface area contributed by atoms with Crippen LogP contribution < -0.4 is 0 Å². The van der Waals surface area contributed by atoms with Crippen LogP contribution in [0.3, 0.4) is 0 Å². The van der Waals surface area contributed by atoms with Crippen LogP contribution in [0.1, 0.15) is 36.8 Å². The first-order valence-corrected chi connectivity index (χ1v) is 8.81. The molecule has 0 spiro atoms. The molecule has 0 aromatic heterocycles. The normalized spacial score (nSPS) is 26.2. The van der Waals surface area contributed by atoms with E-state index in [9.17, 15) is 0 Å². The minimum atomic E-state index is 0.468. The van der Waals surface area contributed by atoms with Gasteiger partial charge in [0.2, 0.25) is 0 Å². The van der Waals surface area contributed by atoms with Gasteiger partial charge in [-0.1, -0.05) is 91.4 Å². The maximum atomic E-state index is 2.45. The zero-order valence-electron chi connectivity index (χ0n) is 13.7. The number of rotatable bonds is 3. The second-order valence-corrected chi connectivity index (χ2v) is 7.07. The van der Waals surface area contributed by atoms with Crippen molar-refractivity contribution in [2.75, 3.05) is 0 Å². The molecule has 2 aliphatic carbocycles. The van der Waals surface area contributed by atoms with Crippen molar-refractivity contribution in [2.24, 2.45) is 17.8 Å². The van der Waals surface area contributed by atoms with Crippen LogP contribution in [0.15, 0.2) is 84.5 Å². The summed E-state index contributed by atoms with van der Waals surface area (Å²) in [7, 11) is 0. The van der Waals surface area contributed by atoms with E-state index < -0.39 is 0 Å². The van der Waals surface area contributed by atoms with E-state index >= 15 is 0 Å². The molecule has 0 saturated heterocycles. The topological polar surface area (TPSA) is 0 Å². The van der Waals surface area contributed by atoms with Crippen LogP contribution >= 0.6 is 0 Å². The molecule has 1 saturated carbocycles. The van der Waals surface area contributed by atoms with Gasteiger partial charge < -0.3 is 0 Å². The van der Waals surface area contributed by atoms with Crippen molar-refractivity contribution >= 4 is 0 Å². The number of allylic oxidation sites excluding steroid dienone is 4. The first-order valence-electron chi connectivity index (χ1n) is 8.81. The molecule has 0 bridgehead atoms. The van der Waals surface area contributed by atoms with Gasteiger partial charge in [-0.3, -0.25) is 0 Å². The van der Waals surface area contributed by atoms with E-state index in [2.05, 4.69) is 85.8 Å². The van der Waals surface area contributed by atoms with Crippen LogP contribution in [0.4, 0.5) is 0 Å². The van der Waals surface area contributed by atoms with Gasteiger partial charge in [-0.15, -0.1) is 0 Å². The van der Waals surface area contributed by atoms with Gasteiger partial charge in [-0.25, -0.2) is 0 Å². The SMILES string of the molecule is CC1CC2CC=CC=C2C1C(c1ccccc1)c1ccccc1. The predicted octanol–water partition coefficient (Wildman–Crippen LogP) is 5.98. The van der Waals surface area contributed by atoms with Gasteiger partial charge in [0.05, 0.1) is 0 Å². The van der Waals surface area contributed by atoms with E-state index in [1.807, 2.05) is 0 Å². The minimum Gasteiger partial charge on any atom is -0.0839 e. The maximum absolute atomic E-state index is 2.45. The smallest absolute Gasteiger partial charge is 0.0158 e. The standard InChI is InChI=1S/C23H24/c1-17-16-20-14-8-9-15-21(20)22(17)23(18-10-4-2-5-11-18)19-12-6-3-7-13-19/h2-13,15,17,20,22-23H,14,16H2,1H3. The Balaban J connectivity index is 1.82. The molecule has 2 aliphatic rings. The van der Waals surface area contributed by atoms with Gasteiger partial charge in [-0.05, 0) is 41.7 Å². The highest BCUT2D eigenvalue weighted by Crippen LogP contribution is 2.52. The Hall–Kier alpha value is -2.08. The predicted molar refractivity (Wildman–Crippen MR) is 97.3 cm³/mol. The van der Waals surface area contributed by atoms with Gasteiger partial charge in [0, 0.05) is 5.92 Å². The summed E-state index contributed by atoms with van der Waals surface area (Å²) in [4.78, 5) is 0. The Morgan fingerprint density at radius 1 is 0.870 bits per heavy atom. The van der Waals surface area contributed by atoms with Crippen molar-refractivity contribution in [1.82, 2.24) is 0 Å². The highest BCUT2D eigenvalue weighted by Gasteiger charge is 2.41. The third kappa shape index (κ3) is 2.67. The largest absolute Gasteiger partial charge is 0.0839 e. The fourth-order valence-electron chi connectivity index (χ4n) is 4.68. The molecule has 1 fully saturated rings. The van der Waals surface area contributed by atoms with Crippen LogP contribution in [0.2, 0.25) is 0 Å². The number of benzene rings is 2. The number of hydrogen-bond acceptors (Lipinski definition) is 0. The number of hydrogen-bond donors (Lipinski definition) is 0. The molecular formula is C23H24. The van der Waals surface area contributed by atoms with Crippen LogP contribution in [-0.4, -0.2) is 0 Å². The van der Waals surface area contributed by atoms with Crippen molar-refractivity contribution in [3.63, 3.8) is 0 Å². The van der Waals surface area contributed by atoms with Crippen molar-refractivity contribution in [1.29, 1.82) is 0 Å². The van der Waals surface area contributed by atoms with E-state index in [0.717, 1.165) is 11.8 Å². The molecule has 0 aliphatic heterocycles. The second-order valence-electron chi connectivity index (χ2n) is 7.07. The maximum Gasteiger partial charge on any atom is 0.0158 e. The average Bonchev–Trinajstić information content (AvgIpc) is 2.94. The van der Waals surface area contributed by atoms with Crippen LogP contribution in [0, 0.1) is 17.8 Å². The molecule has 0 N–H and O–H groups in total. The quantitative estimate of drug-likeness (QED) is 0.654. The molecule has 2 aromatic carbocycles. The minimum absolute atomic E-state index is 0.468. The summed E-state index contributed by atoms with van der Waals surface area (Å²) in [6.45, 7) is 2.45. The second kappa shape index (κ2) is 6.20. The van der Waals surface area contributed by atoms with Gasteiger partial charge >= 0.3 is 0 Å². The zero-order valence-corrected chi connectivity index (χ0v) is 13.7. The van der Waals surface area contributed by atoms with Crippen molar-refractivity contribution in [2.45, 2.75) is 25.7 Å². The lowest BCUT2D eigenvalue weighted by Gasteiger charge is -2.30. The Kier molecular flexibility index (Phi) is 3.91. The lowest BCUT2D eigenvalue weighted by atomic mass is 9.73. The van der Waals surface area contributed by atoms with E-state index in [4.69, 9.17) is 0 Å². The lowest BCUT2D eigenvalue weighted by molar-refractivity contribution is 0.413. The lowest BCUT2D eigenvalue weighted by Crippen LogP contribution is -2.19. The molecule has 0 amide bonds. The summed E-state index contributed by atoms with van der Waals surface area (Å²) in [5.74, 6) is 2.58. The van der Waals surface area contributed by atoms with Crippen molar-refractivity contribution in [3.8, 4) is 0 Å². The Labute approximate surface area is 139 Å². The van der Waals surface area contributed by atoms with Gasteiger partial charge in [0.1, 0.15) is 0 Å². The Morgan fingerprint density at radius 2 is 1.48 bits per heavy atom. The molecule has 116 valence electrons.